The second-order valence-corrected chi connectivity index (χ2v) is 9.69. The maximum absolute atomic E-state index is 13.4. The van der Waals surface area contributed by atoms with Crippen LogP contribution in [0.25, 0.3) is 6.08 Å². The third kappa shape index (κ3) is 4.18. The Hall–Kier alpha value is -1.77. The molecule has 2 aromatic carbocycles. The summed E-state index contributed by atoms with van der Waals surface area (Å²) in [6.45, 7) is 0. The minimum absolute atomic E-state index is 0.0100. The van der Waals surface area contributed by atoms with Gasteiger partial charge in [-0.3, -0.25) is 9.69 Å². The summed E-state index contributed by atoms with van der Waals surface area (Å²) in [6.07, 6.45) is 6.07. The average Bonchev–Trinajstić information content (AvgIpc) is 3.37. The van der Waals surface area contributed by atoms with Crippen LogP contribution in [0.3, 0.4) is 0 Å². The molecule has 1 saturated carbocycles. The first kappa shape index (κ1) is 21.5. The molecule has 1 aliphatic heterocycles. The van der Waals surface area contributed by atoms with Gasteiger partial charge in [0.1, 0.15) is 0 Å². The first-order chi connectivity index (χ1) is 14.5. The maximum atomic E-state index is 13.4. The summed E-state index contributed by atoms with van der Waals surface area (Å²) in [5.74, 6) is 0.311. The van der Waals surface area contributed by atoms with E-state index in [0.717, 1.165) is 36.9 Å². The van der Waals surface area contributed by atoms with Crippen LogP contribution in [-0.2, 0) is 4.79 Å². The number of carbonyl (C=O) groups excluding carboxylic acids is 1. The van der Waals surface area contributed by atoms with Gasteiger partial charge in [-0.15, -0.1) is 0 Å². The van der Waals surface area contributed by atoms with Gasteiger partial charge in [0.05, 0.1) is 22.2 Å². The Morgan fingerprint density at radius 2 is 1.90 bits per heavy atom. The predicted octanol–water partition coefficient (Wildman–Crippen LogP) is 6.47. The lowest BCUT2D eigenvalue weighted by molar-refractivity contribution is -0.123. The van der Waals surface area contributed by atoms with Crippen molar-refractivity contribution in [3.8, 4) is 11.5 Å². The number of halogens is 2. The maximum Gasteiger partial charge on any atom is 0.267 e. The van der Waals surface area contributed by atoms with Crippen LogP contribution in [0, 0.1) is 0 Å². The summed E-state index contributed by atoms with van der Waals surface area (Å²) in [5, 5.41) is 10.9. The number of para-hydroxylation sites is 1. The van der Waals surface area contributed by atoms with Gasteiger partial charge in [-0.25, -0.2) is 4.99 Å². The van der Waals surface area contributed by atoms with Crippen LogP contribution in [0.5, 0.6) is 11.5 Å². The highest BCUT2D eigenvalue weighted by Gasteiger charge is 2.39. The van der Waals surface area contributed by atoms with E-state index in [9.17, 15) is 9.90 Å². The summed E-state index contributed by atoms with van der Waals surface area (Å²) >= 11 is 8.26. The van der Waals surface area contributed by atoms with Crippen molar-refractivity contribution < 1.29 is 14.6 Å². The first-order valence-corrected chi connectivity index (χ1v) is 12.0. The summed E-state index contributed by atoms with van der Waals surface area (Å²) in [5.41, 5.74) is 1.56. The Kier molecular flexibility index (Phi) is 6.55. The molecule has 8 heteroatoms. The Balaban J connectivity index is 1.76. The summed E-state index contributed by atoms with van der Waals surface area (Å²) in [7, 11) is 1.49. The zero-order valence-electron chi connectivity index (χ0n) is 16.3. The number of methoxy groups -OCH3 is 1. The molecule has 1 heterocycles. The van der Waals surface area contributed by atoms with E-state index >= 15 is 0 Å². The highest BCUT2D eigenvalue weighted by molar-refractivity contribution is 9.13. The van der Waals surface area contributed by atoms with Gasteiger partial charge in [0.25, 0.3) is 5.91 Å². The van der Waals surface area contributed by atoms with Gasteiger partial charge < -0.3 is 9.84 Å². The van der Waals surface area contributed by atoms with E-state index in [2.05, 4.69) is 31.9 Å². The Morgan fingerprint density at radius 3 is 2.57 bits per heavy atom. The predicted molar refractivity (Wildman–Crippen MR) is 128 cm³/mol. The normalized spacial score (nSPS) is 20.0. The van der Waals surface area contributed by atoms with Crippen molar-refractivity contribution in [2.45, 2.75) is 31.7 Å². The van der Waals surface area contributed by atoms with E-state index in [4.69, 9.17) is 9.73 Å². The fraction of sp³-hybridized carbons (Fsp3) is 0.273. The fourth-order valence-corrected chi connectivity index (χ4v) is 5.57. The lowest BCUT2D eigenvalue weighted by atomic mass is 10.1. The van der Waals surface area contributed by atoms with Crippen molar-refractivity contribution in [1.82, 2.24) is 4.90 Å². The molecule has 1 amide bonds. The number of amides is 1. The highest BCUT2D eigenvalue weighted by atomic mass is 79.9. The van der Waals surface area contributed by atoms with Crippen LogP contribution >= 0.6 is 43.6 Å². The summed E-state index contributed by atoms with van der Waals surface area (Å²) in [6, 6.07) is 11.6. The molecule has 2 fully saturated rings. The second kappa shape index (κ2) is 9.16. The Labute approximate surface area is 196 Å². The Morgan fingerprint density at radius 1 is 1.20 bits per heavy atom. The standard InChI is InChI=1S/C22H20Br2N2O3S/c1-29-16-11-13(18(23)19(24)20(16)27)12-17-21(28)26(15-9-5-6-10-15)22(30-17)25-14-7-3-2-4-8-14/h2-4,7-8,11-12,15,27H,5-6,9-10H2,1H3/b17-12-,25-22?. The lowest BCUT2D eigenvalue weighted by Crippen LogP contribution is -2.37. The van der Waals surface area contributed by atoms with Gasteiger partial charge in [-0.2, -0.15) is 0 Å². The number of ether oxygens (including phenoxy) is 1. The van der Waals surface area contributed by atoms with E-state index in [-0.39, 0.29) is 17.7 Å². The number of hydrogen-bond donors (Lipinski definition) is 1. The van der Waals surface area contributed by atoms with Crippen LogP contribution in [0.1, 0.15) is 31.2 Å². The number of phenolic OH excluding ortho intramolecular Hbond substituents is 1. The molecule has 0 unspecified atom stereocenters. The van der Waals surface area contributed by atoms with Gasteiger partial charge in [-0.1, -0.05) is 31.0 Å². The zero-order chi connectivity index (χ0) is 21.3. The van der Waals surface area contributed by atoms with Crippen molar-refractivity contribution in [2.24, 2.45) is 4.99 Å². The van der Waals surface area contributed by atoms with Crippen molar-refractivity contribution in [3.05, 3.63) is 55.8 Å². The molecule has 1 N–H and O–H groups in total. The smallest absolute Gasteiger partial charge is 0.267 e. The molecule has 156 valence electrons. The number of aliphatic imine (C=N–C) groups is 1. The molecular formula is C22H20Br2N2O3S. The third-order valence-electron chi connectivity index (χ3n) is 5.19. The summed E-state index contributed by atoms with van der Waals surface area (Å²) in [4.78, 5) is 20.6. The number of carbonyl (C=O) groups is 1. The van der Waals surface area contributed by atoms with Crippen LogP contribution in [0.15, 0.2) is 55.2 Å². The number of hydrogen-bond acceptors (Lipinski definition) is 5. The molecule has 2 aromatic rings. The largest absolute Gasteiger partial charge is 0.503 e. The van der Waals surface area contributed by atoms with Crippen LogP contribution in [0.4, 0.5) is 5.69 Å². The van der Waals surface area contributed by atoms with Crippen molar-refractivity contribution >= 4 is 66.5 Å². The van der Waals surface area contributed by atoms with E-state index in [1.165, 1.54) is 18.9 Å². The van der Waals surface area contributed by atoms with E-state index in [0.29, 0.717) is 24.8 Å². The van der Waals surface area contributed by atoms with E-state index in [1.54, 1.807) is 6.07 Å². The van der Waals surface area contributed by atoms with Gasteiger partial charge >= 0.3 is 0 Å². The number of nitrogens with zero attached hydrogens (tertiary/aromatic N) is 2. The van der Waals surface area contributed by atoms with Gasteiger partial charge in [0.15, 0.2) is 16.7 Å². The number of amidine groups is 1. The molecule has 1 aliphatic carbocycles. The molecule has 0 bridgehead atoms. The molecule has 0 aromatic heterocycles. The molecule has 30 heavy (non-hydrogen) atoms. The monoisotopic (exact) mass is 550 g/mol. The third-order valence-corrected chi connectivity index (χ3v) is 8.33. The van der Waals surface area contributed by atoms with Crippen LogP contribution < -0.4 is 4.74 Å². The number of phenols is 1. The van der Waals surface area contributed by atoms with E-state index in [1.807, 2.05) is 41.3 Å². The molecule has 0 atom stereocenters. The van der Waals surface area contributed by atoms with Gasteiger partial charge in [0.2, 0.25) is 0 Å². The number of rotatable bonds is 4. The first-order valence-electron chi connectivity index (χ1n) is 9.61. The molecular weight excluding hydrogens is 532 g/mol. The molecule has 0 spiro atoms. The summed E-state index contributed by atoms with van der Waals surface area (Å²) < 4.78 is 6.40. The number of thioether (sulfide) groups is 1. The van der Waals surface area contributed by atoms with Crippen molar-refractivity contribution in [1.29, 1.82) is 0 Å². The number of benzene rings is 2. The minimum Gasteiger partial charge on any atom is -0.503 e. The topological polar surface area (TPSA) is 62.1 Å². The van der Waals surface area contributed by atoms with Gasteiger partial charge in [0, 0.05) is 10.5 Å². The SMILES string of the molecule is COc1cc(/C=C2\SC(=Nc3ccccc3)N(C3CCCC3)C2=O)c(Br)c(Br)c1O. The average molecular weight is 552 g/mol. The lowest BCUT2D eigenvalue weighted by Gasteiger charge is -2.22. The highest BCUT2D eigenvalue weighted by Crippen LogP contribution is 2.44. The second-order valence-electron chi connectivity index (χ2n) is 7.10. The van der Waals surface area contributed by atoms with Gasteiger partial charge in [-0.05, 0) is 86.3 Å². The van der Waals surface area contributed by atoms with E-state index < -0.39 is 0 Å². The van der Waals surface area contributed by atoms with Crippen molar-refractivity contribution in [3.63, 3.8) is 0 Å². The molecule has 0 radical (unpaired) electrons. The van der Waals surface area contributed by atoms with Crippen LogP contribution in [-0.4, -0.2) is 34.2 Å². The molecule has 1 saturated heterocycles. The van der Waals surface area contributed by atoms with Crippen molar-refractivity contribution in [2.75, 3.05) is 7.11 Å². The minimum atomic E-state index is -0.0309. The molecule has 5 nitrogen and oxygen atoms in total. The Bertz CT molecular complexity index is 1030. The zero-order valence-corrected chi connectivity index (χ0v) is 20.3. The van der Waals surface area contributed by atoms with Crippen LogP contribution in [0.2, 0.25) is 0 Å². The molecule has 2 aliphatic rings. The fourth-order valence-electron chi connectivity index (χ4n) is 3.68. The number of aromatic hydroxyl groups is 1. The quantitative estimate of drug-likeness (QED) is 0.442. The molecule has 4 rings (SSSR count).